The lowest BCUT2D eigenvalue weighted by molar-refractivity contribution is 0.217. The third-order valence-corrected chi connectivity index (χ3v) is 4.78. The molecule has 0 saturated heterocycles. The van der Waals surface area contributed by atoms with E-state index < -0.39 is 0 Å². The summed E-state index contributed by atoms with van der Waals surface area (Å²) in [5.74, 6) is 0.877. The van der Waals surface area contributed by atoms with Crippen molar-refractivity contribution in [2.45, 2.75) is 32.9 Å². The van der Waals surface area contributed by atoms with E-state index in [4.69, 9.17) is 4.74 Å². The van der Waals surface area contributed by atoms with Crippen molar-refractivity contribution in [3.05, 3.63) is 64.4 Å². The Morgan fingerprint density at radius 1 is 1.14 bits per heavy atom. The van der Waals surface area contributed by atoms with E-state index in [1.54, 1.807) is 3.96 Å². The molecule has 2 aromatic carbocycles. The zero-order valence-electron chi connectivity index (χ0n) is 12.8. The summed E-state index contributed by atoms with van der Waals surface area (Å²) in [6.45, 7) is 4.76. The fourth-order valence-electron chi connectivity index (χ4n) is 2.28. The van der Waals surface area contributed by atoms with E-state index in [0.29, 0.717) is 6.54 Å². The number of hydrogen-bond acceptors (Lipinski definition) is 3. The highest BCUT2D eigenvalue weighted by Gasteiger charge is 2.07. The molecule has 4 heteroatoms. The van der Waals surface area contributed by atoms with Crippen LogP contribution in [0.1, 0.15) is 25.8 Å². The topological polar surface area (TPSA) is 31.2 Å². The van der Waals surface area contributed by atoms with Crippen LogP contribution in [0.25, 0.3) is 10.1 Å². The van der Waals surface area contributed by atoms with Crippen LogP contribution in [-0.4, -0.2) is 10.1 Å². The van der Waals surface area contributed by atoms with Crippen molar-refractivity contribution in [1.82, 2.24) is 3.96 Å². The molecule has 0 spiro atoms. The molecule has 0 fully saturated rings. The molecule has 1 heterocycles. The van der Waals surface area contributed by atoms with E-state index in [-0.39, 0.29) is 11.7 Å². The number of benzene rings is 2. The van der Waals surface area contributed by atoms with Gasteiger partial charge in [0.1, 0.15) is 5.75 Å². The Balaban J connectivity index is 1.80. The SMILES string of the molecule is CCC(C)Oc1ccc(Cn2sc3ccccc3c2=O)cc1. The Morgan fingerprint density at radius 2 is 1.86 bits per heavy atom. The first kappa shape index (κ1) is 14.9. The Bertz CT molecular complexity index is 817. The summed E-state index contributed by atoms with van der Waals surface area (Å²) >= 11 is 1.51. The van der Waals surface area contributed by atoms with Crippen LogP contribution in [0.4, 0.5) is 0 Å². The van der Waals surface area contributed by atoms with Crippen molar-refractivity contribution in [3.63, 3.8) is 0 Å². The summed E-state index contributed by atoms with van der Waals surface area (Å²) in [5.41, 5.74) is 1.19. The highest BCUT2D eigenvalue weighted by Crippen LogP contribution is 2.19. The van der Waals surface area contributed by atoms with Crippen LogP contribution in [0.5, 0.6) is 5.75 Å². The van der Waals surface area contributed by atoms with Crippen LogP contribution in [0.15, 0.2) is 53.3 Å². The summed E-state index contributed by atoms with van der Waals surface area (Å²) in [6, 6.07) is 15.7. The molecule has 22 heavy (non-hydrogen) atoms. The second-order valence-corrected chi connectivity index (χ2v) is 6.47. The van der Waals surface area contributed by atoms with Crippen molar-refractivity contribution in [2.24, 2.45) is 0 Å². The molecule has 0 aliphatic heterocycles. The van der Waals surface area contributed by atoms with Gasteiger partial charge in [0.25, 0.3) is 5.56 Å². The Morgan fingerprint density at radius 3 is 2.55 bits per heavy atom. The summed E-state index contributed by atoms with van der Waals surface area (Å²) < 4.78 is 8.61. The van der Waals surface area contributed by atoms with Gasteiger partial charge in [0.15, 0.2) is 0 Å². The zero-order chi connectivity index (χ0) is 15.5. The maximum absolute atomic E-state index is 12.3. The van der Waals surface area contributed by atoms with Crippen LogP contribution >= 0.6 is 11.5 Å². The summed E-state index contributed by atoms with van der Waals surface area (Å²) in [6.07, 6.45) is 1.20. The van der Waals surface area contributed by atoms with Crippen LogP contribution in [0.2, 0.25) is 0 Å². The van der Waals surface area contributed by atoms with Crippen LogP contribution < -0.4 is 10.3 Å². The maximum Gasteiger partial charge on any atom is 0.268 e. The molecule has 0 amide bonds. The second kappa shape index (κ2) is 6.36. The molecule has 1 aromatic heterocycles. The fourth-order valence-corrected chi connectivity index (χ4v) is 3.30. The molecule has 1 atom stereocenters. The maximum atomic E-state index is 12.3. The molecular weight excluding hydrogens is 294 g/mol. The van der Waals surface area contributed by atoms with Gasteiger partial charge in [0.05, 0.1) is 22.7 Å². The Kier molecular flexibility index (Phi) is 4.29. The molecule has 0 N–H and O–H groups in total. The molecule has 1 unspecified atom stereocenters. The summed E-state index contributed by atoms with van der Waals surface area (Å²) in [5, 5.41) is 0.796. The van der Waals surface area contributed by atoms with Gasteiger partial charge in [-0.3, -0.25) is 8.75 Å². The molecule has 3 aromatic rings. The van der Waals surface area contributed by atoms with Crippen molar-refractivity contribution < 1.29 is 4.74 Å². The quantitative estimate of drug-likeness (QED) is 0.703. The van der Waals surface area contributed by atoms with Gasteiger partial charge in [0.2, 0.25) is 0 Å². The number of fused-ring (bicyclic) bond motifs is 1. The number of ether oxygens (including phenoxy) is 1. The molecule has 3 rings (SSSR count). The van der Waals surface area contributed by atoms with E-state index in [0.717, 1.165) is 27.8 Å². The number of rotatable bonds is 5. The molecule has 114 valence electrons. The van der Waals surface area contributed by atoms with Gasteiger partial charge in [0, 0.05) is 0 Å². The van der Waals surface area contributed by atoms with Crippen LogP contribution in [0.3, 0.4) is 0 Å². The van der Waals surface area contributed by atoms with Crippen LogP contribution in [-0.2, 0) is 6.54 Å². The van der Waals surface area contributed by atoms with E-state index in [2.05, 4.69) is 13.8 Å². The Labute approximate surface area is 133 Å². The van der Waals surface area contributed by atoms with Gasteiger partial charge in [-0.05, 0) is 43.2 Å². The van der Waals surface area contributed by atoms with E-state index in [1.165, 1.54) is 11.5 Å². The summed E-state index contributed by atoms with van der Waals surface area (Å²) in [7, 11) is 0. The van der Waals surface area contributed by atoms with E-state index in [1.807, 2.05) is 48.5 Å². The van der Waals surface area contributed by atoms with E-state index >= 15 is 0 Å². The first-order valence-electron chi connectivity index (χ1n) is 7.52. The van der Waals surface area contributed by atoms with Gasteiger partial charge in [-0.2, -0.15) is 0 Å². The first-order valence-corrected chi connectivity index (χ1v) is 8.29. The molecular formula is C18H19NO2S. The predicted molar refractivity (Wildman–Crippen MR) is 92.0 cm³/mol. The van der Waals surface area contributed by atoms with Crippen molar-refractivity contribution in [1.29, 1.82) is 0 Å². The third kappa shape index (κ3) is 3.07. The fraction of sp³-hybridized carbons (Fsp3) is 0.278. The predicted octanol–water partition coefficient (Wildman–Crippen LogP) is 4.29. The monoisotopic (exact) mass is 313 g/mol. The van der Waals surface area contributed by atoms with Crippen molar-refractivity contribution in [2.75, 3.05) is 0 Å². The lowest BCUT2D eigenvalue weighted by Gasteiger charge is -2.12. The minimum Gasteiger partial charge on any atom is -0.491 e. The van der Waals surface area contributed by atoms with Gasteiger partial charge < -0.3 is 4.74 Å². The van der Waals surface area contributed by atoms with Gasteiger partial charge >= 0.3 is 0 Å². The lowest BCUT2D eigenvalue weighted by atomic mass is 10.2. The lowest BCUT2D eigenvalue weighted by Crippen LogP contribution is -2.13. The molecule has 0 bridgehead atoms. The average Bonchev–Trinajstić information content (AvgIpc) is 2.86. The number of hydrogen-bond donors (Lipinski definition) is 0. The largest absolute Gasteiger partial charge is 0.491 e. The van der Waals surface area contributed by atoms with Crippen LogP contribution in [0, 0.1) is 0 Å². The highest BCUT2D eigenvalue weighted by atomic mass is 32.1. The minimum absolute atomic E-state index is 0.0838. The van der Waals surface area contributed by atoms with Crippen molar-refractivity contribution >= 4 is 21.6 Å². The minimum atomic E-state index is 0.0838. The van der Waals surface area contributed by atoms with Gasteiger partial charge in [-0.1, -0.05) is 42.7 Å². The smallest absolute Gasteiger partial charge is 0.268 e. The average molecular weight is 313 g/mol. The third-order valence-electron chi connectivity index (χ3n) is 3.71. The first-order chi connectivity index (χ1) is 10.7. The second-order valence-electron chi connectivity index (χ2n) is 5.41. The number of nitrogens with zero attached hydrogens (tertiary/aromatic N) is 1. The van der Waals surface area contributed by atoms with Gasteiger partial charge in [-0.15, -0.1) is 0 Å². The Hall–Kier alpha value is -2.07. The molecule has 0 saturated carbocycles. The molecule has 0 aliphatic rings. The summed E-state index contributed by atoms with van der Waals surface area (Å²) in [4.78, 5) is 12.3. The normalized spacial score (nSPS) is 12.5. The molecule has 3 nitrogen and oxygen atoms in total. The molecule has 0 aliphatic carbocycles. The number of aromatic nitrogens is 1. The van der Waals surface area contributed by atoms with E-state index in [9.17, 15) is 4.79 Å². The van der Waals surface area contributed by atoms with Gasteiger partial charge in [-0.25, -0.2) is 0 Å². The standard InChI is InChI=1S/C18H19NO2S/c1-3-13(2)21-15-10-8-14(9-11-15)12-19-18(20)16-6-4-5-7-17(16)22-19/h4-11,13H,3,12H2,1-2H3. The molecule has 0 radical (unpaired) electrons. The highest BCUT2D eigenvalue weighted by molar-refractivity contribution is 7.13. The zero-order valence-corrected chi connectivity index (χ0v) is 13.6. The van der Waals surface area contributed by atoms with Crippen molar-refractivity contribution in [3.8, 4) is 5.75 Å².